The van der Waals surface area contributed by atoms with Gasteiger partial charge in [-0.3, -0.25) is 4.79 Å². The van der Waals surface area contributed by atoms with E-state index in [1.807, 2.05) is 6.08 Å². The van der Waals surface area contributed by atoms with E-state index in [-0.39, 0.29) is 12.5 Å². The van der Waals surface area contributed by atoms with E-state index in [4.69, 9.17) is 0 Å². The van der Waals surface area contributed by atoms with Gasteiger partial charge in [0.25, 0.3) is 0 Å². The second-order valence-corrected chi connectivity index (χ2v) is 10.5. The SMILES string of the molecule is CCCCC/C=C/CC/C=C/C(O)C(CO)NC(=O)CCCCCCC/C=C\CCCCCCCCC. The van der Waals surface area contributed by atoms with Gasteiger partial charge in [0.05, 0.1) is 18.8 Å². The van der Waals surface area contributed by atoms with Crippen molar-refractivity contribution in [3.05, 3.63) is 36.5 Å². The molecule has 0 rings (SSSR count). The molecule has 0 aromatic heterocycles. The van der Waals surface area contributed by atoms with Crippen LogP contribution in [0, 0.1) is 0 Å². The van der Waals surface area contributed by atoms with Gasteiger partial charge in [0, 0.05) is 6.42 Å². The summed E-state index contributed by atoms with van der Waals surface area (Å²) < 4.78 is 0. The predicted octanol–water partition coefficient (Wildman–Crippen LogP) is 8.72. The van der Waals surface area contributed by atoms with Crippen molar-refractivity contribution in [2.24, 2.45) is 0 Å². The molecule has 4 nitrogen and oxygen atoms in total. The molecule has 0 bridgehead atoms. The molecule has 0 fully saturated rings. The number of carbonyl (C=O) groups is 1. The first kappa shape index (κ1) is 35.6. The summed E-state index contributed by atoms with van der Waals surface area (Å²) in [6.45, 7) is 4.21. The van der Waals surface area contributed by atoms with E-state index >= 15 is 0 Å². The zero-order chi connectivity index (χ0) is 27.2. The van der Waals surface area contributed by atoms with Gasteiger partial charge in [-0.15, -0.1) is 0 Å². The first-order chi connectivity index (χ1) is 18.2. The Hall–Kier alpha value is -1.39. The first-order valence-corrected chi connectivity index (χ1v) is 15.7. The highest BCUT2D eigenvalue weighted by atomic mass is 16.3. The topological polar surface area (TPSA) is 69.6 Å². The summed E-state index contributed by atoms with van der Waals surface area (Å²) in [5, 5.41) is 22.6. The van der Waals surface area contributed by atoms with Gasteiger partial charge < -0.3 is 15.5 Å². The van der Waals surface area contributed by atoms with Crippen molar-refractivity contribution >= 4 is 5.91 Å². The van der Waals surface area contributed by atoms with Crippen LogP contribution in [-0.2, 0) is 4.79 Å². The van der Waals surface area contributed by atoms with Gasteiger partial charge in [0.2, 0.25) is 5.91 Å². The Bertz CT molecular complexity index is 570. The molecule has 0 saturated heterocycles. The maximum absolute atomic E-state index is 12.2. The van der Waals surface area contributed by atoms with E-state index in [0.717, 1.165) is 44.9 Å². The fraction of sp³-hybridized carbons (Fsp3) is 0.788. The summed E-state index contributed by atoms with van der Waals surface area (Å²) in [5.74, 6) is -0.0881. The standard InChI is InChI=1S/C33H61NO3/c1-3-5-7-9-11-13-14-15-16-17-18-19-21-23-25-27-29-33(37)34-31(30-35)32(36)28-26-24-22-20-12-10-8-6-4-2/h12,16-17,20,26,28,31-32,35-36H,3-11,13-15,18-19,21-25,27,29-30H2,1-2H3,(H,34,37)/b17-16-,20-12+,28-26+. The highest BCUT2D eigenvalue weighted by Crippen LogP contribution is 2.11. The van der Waals surface area contributed by atoms with E-state index in [1.54, 1.807) is 6.08 Å². The van der Waals surface area contributed by atoms with Gasteiger partial charge in [0.1, 0.15) is 0 Å². The summed E-state index contributed by atoms with van der Waals surface area (Å²) in [5.41, 5.74) is 0. The van der Waals surface area contributed by atoms with Crippen LogP contribution in [0.3, 0.4) is 0 Å². The Morgan fingerprint density at radius 1 is 0.622 bits per heavy atom. The Labute approximate surface area is 230 Å². The van der Waals surface area contributed by atoms with Crippen molar-refractivity contribution in [1.82, 2.24) is 5.32 Å². The molecule has 0 aliphatic carbocycles. The minimum Gasteiger partial charge on any atom is -0.394 e. The van der Waals surface area contributed by atoms with Gasteiger partial charge >= 0.3 is 0 Å². The molecule has 1 amide bonds. The number of amides is 1. The van der Waals surface area contributed by atoms with Gasteiger partial charge in [-0.2, -0.15) is 0 Å². The lowest BCUT2D eigenvalue weighted by Gasteiger charge is -2.19. The monoisotopic (exact) mass is 519 g/mol. The molecule has 0 aromatic carbocycles. The van der Waals surface area contributed by atoms with E-state index in [2.05, 4.69) is 43.5 Å². The van der Waals surface area contributed by atoms with E-state index < -0.39 is 12.1 Å². The second-order valence-electron chi connectivity index (χ2n) is 10.5. The molecule has 3 N–H and O–H groups in total. The number of hydrogen-bond donors (Lipinski definition) is 3. The molecule has 0 spiro atoms. The normalized spacial score (nSPS) is 13.7. The van der Waals surface area contributed by atoms with Crippen LogP contribution in [0.25, 0.3) is 0 Å². The molecule has 0 saturated carbocycles. The molecule has 0 aliphatic rings. The Morgan fingerprint density at radius 2 is 1.05 bits per heavy atom. The maximum atomic E-state index is 12.2. The van der Waals surface area contributed by atoms with Gasteiger partial charge in [-0.05, 0) is 57.8 Å². The summed E-state index contributed by atoms with van der Waals surface area (Å²) in [7, 11) is 0. The summed E-state index contributed by atoms with van der Waals surface area (Å²) in [4.78, 5) is 12.2. The van der Waals surface area contributed by atoms with Crippen LogP contribution in [0.2, 0.25) is 0 Å². The number of hydrogen-bond acceptors (Lipinski definition) is 3. The van der Waals surface area contributed by atoms with Gasteiger partial charge in [-0.25, -0.2) is 0 Å². The Kier molecular flexibility index (Phi) is 28.1. The van der Waals surface area contributed by atoms with Crippen LogP contribution >= 0.6 is 0 Å². The summed E-state index contributed by atoms with van der Waals surface area (Å²) in [6, 6.07) is -0.638. The Morgan fingerprint density at radius 3 is 1.62 bits per heavy atom. The van der Waals surface area contributed by atoms with Crippen molar-refractivity contribution in [2.75, 3.05) is 6.61 Å². The molecule has 0 aromatic rings. The van der Waals surface area contributed by atoms with Crippen molar-refractivity contribution in [3.63, 3.8) is 0 Å². The lowest BCUT2D eigenvalue weighted by atomic mass is 10.1. The lowest BCUT2D eigenvalue weighted by molar-refractivity contribution is -0.123. The van der Waals surface area contributed by atoms with Crippen LogP contribution in [0.5, 0.6) is 0 Å². The zero-order valence-electron chi connectivity index (χ0n) is 24.5. The average molecular weight is 520 g/mol. The highest BCUT2D eigenvalue weighted by molar-refractivity contribution is 5.76. The lowest BCUT2D eigenvalue weighted by Crippen LogP contribution is -2.45. The number of aliphatic hydroxyl groups excluding tert-OH is 2. The minimum atomic E-state index is -0.860. The van der Waals surface area contributed by atoms with Crippen molar-refractivity contribution in [1.29, 1.82) is 0 Å². The van der Waals surface area contributed by atoms with E-state index in [1.165, 1.54) is 83.5 Å². The molecule has 2 atom stereocenters. The van der Waals surface area contributed by atoms with Crippen molar-refractivity contribution in [2.45, 2.75) is 161 Å². The molecule has 2 unspecified atom stereocenters. The Balaban J connectivity index is 3.70. The molecule has 4 heteroatoms. The van der Waals surface area contributed by atoms with E-state index in [9.17, 15) is 15.0 Å². The minimum absolute atomic E-state index is 0.0881. The molecule has 0 heterocycles. The number of carbonyl (C=O) groups excluding carboxylic acids is 1. The zero-order valence-corrected chi connectivity index (χ0v) is 24.5. The molecular weight excluding hydrogens is 458 g/mol. The first-order valence-electron chi connectivity index (χ1n) is 15.7. The largest absolute Gasteiger partial charge is 0.394 e. The van der Waals surface area contributed by atoms with Crippen LogP contribution in [0.4, 0.5) is 0 Å². The number of nitrogens with one attached hydrogen (secondary N) is 1. The molecular formula is C33H61NO3. The number of unbranched alkanes of at least 4 members (excludes halogenated alkanes) is 16. The number of aliphatic hydroxyl groups is 2. The van der Waals surface area contributed by atoms with Gasteiger partial charge in [-0.1, -0.05) is 121 Å². The molecule has 0 radical (unpaired) electrons. The summed E-state index contributed by atoms with van der Waals surface area (Å²) in [6.07, 6.45) is 36.5. The second kappa shape index (κ2) is 29.2. The van der Waals surface area contributed by atoms with Crippen LogP contribution in [0.1, 0.15) is 149 Å². The molecule has 216 valence electrons. The molecule has 37 heavy (non-hydrogen) atoms. The fourth-order valence-corrected chi connectivity index (χ4v) is 4.36. The van der Waals surface area contributed by atoms with Crippen LogP contribution in [-0.4, -0.2) is 34.9 Å². The van der Waals surface area contributed by atoms with Crippen LogP contribution < -0.4 is 5.32 Å². The third kappa shape index (κ3) is 26.0. The third-order valence-corrected chi connectivity index (χ3v) is 6.85. The number of rotatable bonds is 27. The predicted molar refractivity (Wildman–Crippen MR) is 161 cm³/mol. The molecule has 0 aliphatic heterocycles. The van der Waals surface area contributed by atoms with Crippen LogP contribution in [0.15, 0.2) is 36.5 Å². The smallest absolute Gasteiger partial charge is 0.220 e. The average Bonchev–Trinajstić information content (AvgIpc) is 2.90. The summed E-state index contributed by atoms with van der Waals surface area (Å²) >= 11 is 0. The number of allylic oxidation sites excluding steroid dienone is 5. The fourth-order valence-electron chi connectivity index (χ4n) is 4.36. The van der Waals surface area contributed by atoms with E-state index in [0.29, 0.717) is 6.42 Å². The van der Waals surface area contributed by atoms with Gasteiger partial charge in [0.15, 0.2) is 0 Å². The maximum Gasteiger partial charge on any atom is 0.220 e. The van der Waals surface area contributed by atoms with Crippen molar-refractivity contribution < 1.29 is 15.0 Å². The highest BCUT2D eigenvalue weighted by Gasteiger charge is 2.17. The third-order valence-electron chi connectivity index (χ3n) is 6.85. The van der Waals surface area contributed by atoms with Crippen molar-refractivity contribution in [3.8, 4) is 0 Å². The quantitative estimate of drug-likeness (QED) is 0.0750.